The quantitative estimate of drug-likeness (QED) is 0.931. The molecular formula is C18H25N3O2. The van der Waals surface area contributed by atoms with Crippen LogP contribution in [0.3, 0.4) is 0 Å². The molecule has 1 aliphatic heterocycles. The summed E-state index contributed by atoms with van der Waals surface area (Å²) in [4.78, 5) is 13.9. The second kappa shape index (κ2) is 7.47. The SMILES string of the molecule is CC(C)(C)OC(=O)N1CCCC(NCc2ccccc2C#N)C1. The second-order valence-electron chi connectivity index (χ2n) is 6.92. The summed E-state index contributed by atoms with van der Waals surface area (Å²) in [5.41, 5.74) is 1.22. The van der Waals surface area contributed by atoms with E-state index in [2.05, 4.69) is 11.4 Å². The Bertz CT molecular complexity index is 587. The number of piperidine rings is 1. The van der Waals surface area contributed by atoms with Gasteiger partial charge in [0.25, 0.3) is 0 Å². The Hall–Kier alpha value is -2.06. The molecule has 23 heavy (non-hydrogen) atoms. The zero-order chi connectivity index (χ0) is 16.9. The molecule has 0 aliphatic carbocycles. The van der Waals surface area contributed by atoms with Crippen LogP contribution in [0.4, 0.5) is 4.79 Å². The minimum Gasteiger partial charge on any atom is -0.444 e. The highest BCUT2D eigenvalue weighted by molar-refractivity contribution is 5.68. The highest BCUT2D eigenvalue weighted by Crippen LogP contribution is 2.16. The number of likely N-dealkylation sites (tertiary alicyclic amines) is 1. The van der Waals surface area contributed by atoms with Gasteiger partial charge in [-0.05, 0) is 45.2 Å². The zero-order valence-corrected chi connectivity index (χ0v) is 14.1. The first-order valence-corrected chi connectivity index (χ1v) is 8.08. The van der Waals surface area contributed by atoms with Crippen molar-refractivity contribution in [1.82, 2.24) is 10.2 Å². The van der Waals surface area contributed by atoms with Crippen LogP contribution in [0.15, 0.2) is 24.3 Å². The number of hydrogen-bond donors (Lipinski definition) is 1. The normalized spacial score (nSPS) is 18.3. The Kier molecular flexibility index (Phi) is 5.62. The van der Waals surface area contributed by atoms with Crippen LogP contribution < -0.4 is 5.32 Å². The highest BCUT2D eigenvalue weighted by Gasteiger charge is 2.27. The van der Waals surface area contributed by atoms with E-state index in [1.807, 2.05) is 45.0 Å². The molecular weight excluding hydrogens is 290 g/mol. The van der Waals surface area contributed by atoms with E-state index in [4.69, 9.17) is 10.00 Å². The van der Waals surface area contributed by atoms with E-state index in [9.17, 15) is 4.79 Å². The van der Waals surface area contributed by atoms with Crippen LogP contribution in [0.1, 0.15) is 44.7 Å². The lowest BCUT2D eigenvalue weighted by Gasteiger charge is -2.34. The summed E-state index contributed by atoms with van der Waals surface area (Å²) in [5.74, 6) is 0. The first-order chi connectivity index (χ1) is 10.9. The summed E-state index contributed by atoms with van der Waals surface area (Å²) in [7, 11) is 0. The van der Waals surface area contributed by atoms with Gasteiger partial charge in [-0.25, -0.2) is 4.79 Å². The van der Waals surface area contributed by atoms with Gasteiger partial charge in [0.1, 0.15) is 5.60 Å². The standard InChI is InChI=1S/C18H25N3O2/c1-18(2,3)23-17(22)21-10-6-9-16(13-21)20-12-15-8-5-4-7-14(15)11-19/h4-5,7-8,16,20H,6,9-10,12-13H2,1-3H3. The van der Waals surface area contributed by atoms with Crippen molar-refractivity contribution in [3.63, 3.8) is 0 Å². The van der Waals surface area contributed by atoms with Crippen LogP contribution in [-0.4, -0.2) is 35.7 Å². The van der Waals surface area contributed by atoms with Crippen molar-refractivity contribution in [3.8, 4) is 6.07 Å². The molecule has 5 nitrogen and oxygen atoms in total. The molecule has 1 unspecified atom stereocenters. The number of carbonyl (C=O) groups is 1. The maximum Gasteiger partial charge on any atom is 0.410 e. The van der Waals surface area contributed by atoms with Gasteiger partial charge in [0, 0.05) is 25.7 Å². The number of carbonyl (C=O) groups excluding carboxylic acids is 1. The molecule has 1 amide bonds. The smallest absolute Gasteiger partial charge is 0.410 e. The number of nitriles is 1. The summed E-state index contributed by atoms with van der Waals surface area (Å²) >= 11 is 0. The molecule has 1 heterocycles. The number of nitrogens with zero attached hydrogens (tertiary/aromatic N) is 2. The fraction of sp³-hybridized carbons (Fsp3) is 0.556. The lowest BCUT2D eigenvalue weighted by molar-refractivity contribution is 0.0187. The maximum absolute atomic E-state index is 12.2. The van der Waals surface area contributed by atoms with Crippen molar-refractivity contribution in [2.75, 3.05) is 13.1 Å². The number of rotatable bonds is 3. The molecule has 1 N–H and O–H groups in total. The molecule has 2 rings (SSSR count). The molecule has 0 aromatic heterocycles. The Morgan fingerprint density at radius 2 is 2.17 bits per heavy atom. The van der Waals surface area contributed by atoms with E-state index < -0.39 is 5.60 Å². The summed E-state index contributed by atoms with van der Waals surface area (Å²) in [6.07, 6.45) is 1.73. The zero-order valence-electron chi connectivity index (χ0n) is 14.1. The molecule has 1 aromatic rings. The molecule has 0 saturated carbocycles. The Balaban J connectivity index is 1.89. The summed E-state index contributed by atoms with van der Waals surface area (Å²) in [6, 6.07) is 10.0. The van der Waals surface area contributed by atoms with Crippen LogP contribution in [0.5, 0.6) is 0 Å². The second-order valence-corrected chi connectivity index (χ2v) is 6.92. The van der Waals surface area contributed by atoms with Crippen molar-refractivity contribution < 1.29 is 9.53 Å². The summed E-state index contributed by atoms with van der Waals surface area (Å²) in [6.45, 7) is 7.65. The van der Waals surface area contributed by atoms with Gasteiger partial charge in [-0.2, -0.15) is 5.26 Å². The topological polar surface area (TPSA) is 65.4 Å². The maximum atomic E-state index is 12.2. The fourth-order valence-corrected chi connectivity index (χ4v) is 2.67. The van der Waals surface area contributed by atoms with Crippen molar-refractivity contribution in [2.24, 2.45) is 0 Å². The largest absolute Gasteiger partial charge is 0.444 e. The summed E-state index contributed by atoms with van der Waals surface area (Å²) < 4.78 is 5.44. The van der Waals surface area contributed by atoms with Gasteiger partial charge in [-0.15, -0.1) is 0 Å². The van der Waals surface area contributed by atoms with Gasteiger partial charge >= 0.3 is 6.09 Å². The molecule has 1 fully saturated rings. The molecule has 124 valence electrons. The molecule has 1 saturated heterocycles. The predicted octanol–water partition coefficient (Wildman–Crippen LogP) is 3.05. The summed E-state index contributed by atoms with van der Waals surface area (Å²) in [5, 5.41) is 12.6. The molecule has 0 spiro atoms. The number of amides is 1. The Morgan fingerprint density at radius 1 is 1.43 bits per heavy atom. The van der Waals surface area contributed by atoms with E-state index in [-0.39, 0.29) is 12.1 Å². The van der Waals surface area contributed by atoms with Crippen molar-refractivity contribution >= 4 is 6.09 Å². The Morgan fingerprint density at radius 3 is 2.87 bits per heavy atom. The molecule has 1 atom stereocenters. The van der Waals surface area contributed by atoms with E-state index in [1.54, 1.807) is 4.90 Å². The van der Waals surface area contributed by atoms with E-state index in [0.717, 1.165) is 24.9 Å². The molecule has 0 bridgehead atoms. The molecule has 5 heteroatoms. The molecule has 1 aromatic carbocycles. The van der Waals surface area contributed by atoms with E-state index >= 15 is 0 Å². The van der Waals surface area contributed by atoms with Gasteiger partial charge in [0.05, 0.1) is 11.6 Å². The van der Waals surface area contributed by atoms with E-state index in [1.165, 1.54) is 0 Å². The Labute approximate surface area is 138 Å². The number of nitrogens with one attached hydrogen (secondary N) is 1. The predicted molar refractivity (Wildman–Crippen MR) is 88.8 cm³/mol. The van der Waals surface area contributed by atoms with Crippen LogP contribution in [0.2, 0.25) is 0 Å². The monoisotopic (exact) mass is 315 g/mol. The van der Waals surface area contributed by atoms with Crippen molar-refractivity contribution in [3.05, 3.63) is 35.4 Å². The minimum atomic E-state index is -0.469. The third-order valence-corrected chi connectivity index (χ3v) is 3.79. The number of ether oxygens (including phenoxy) is 1. The lowest BCUT2D eigenvalue weighted by atomic mass is 10.0. The van der Waals surface area contributed by atoms with Crippen LogP contribution in [-0.2, 0) is 11.3 Å². The highest BCUT2D eigenvalue weighted by atomic mass is 16.6. The average Bonchev–Trinajstić information content (AvgIpc) is 2.52. The van der Waals surface area contributed by atoms with Gasteiger partial charge < -0.3 is 15.0 Å². The van der Waals surface area contributed by atoms with Gasteiger partial charge in [0.15, 0.2) is 0 Å². The first kappa shape index (κ1) is 17.3. The van der Waals surface area contributed by atoms with Gasteiger partial charge in [-0.3, -0.25) is 0 Å². The average molecular weight is 315 g/mol. The van der Waals surface area contributed by atoms with Gasteiger partial charge in [-0.1, -0.05) is 18.2 Å². The van der Waals surface area contributed by atoms with Crippen LogP contribution in [0.25, 0.3) is 0 Å². The van der Waals surface area contributed by atoms with Crippen LogP contribution >= 0.6 is 0 Å². The van der Waals surface area contributed by atoms with Gasteiger partial charge in [0.2, 0.25) is 0 Å². The van der Waals surface area contributed by atoms with Crippen molar-refractivity contribution in [1.29, 1.82) is 5.26 Å². The first-order valence-electron chi connectivity index (χ1n) is 8.08. The minimum absolute atomic E-state index is 0.225. The number of hydrogen-bond acceptors (Lipinski definition) is 4. The van der Waals surface area contributed by atoms with Crippen LogP contribution in [0, 0.1) is 11.3 Å². The lowest BCUT2D eigenvalue weighted by Crippen LogP contribution is -2.49. The molecule has 1 aliphatic rings. The third kappa shape index (κ3) is 5.26. The molecule has 0 radical (unpaired) electrons. The number of benzene rings is 1. The van der Waals surface area contributed by atoms with E-state index in [0.29, 0.717) is 18.7 Å². The third-order valence-electron chi connectivity index (χ3n) is 3.79. The van der Waals surface area contributed by atoms with Crippen molar-refractivity contribution in [2.45, 2.75) is 51.8 Å². The fourth-order valence-electron chi connectivity index (χ4n) is 2.67.